The number of methoxy groups -OCH3 is 3. The normalized spacial score (nSPS) is 9.89. The van der Waals surface area contributed by atoms with Crippen molar-refractivity contribution in [1.82, 2.24) is 0 Å². The van der Waals surface area contributed by atoms with E-state index in [2.05, 4.69) is 0 Å². The summed E-state index contributed by atoms with van der Waals surface area (Å²) in [6.45, 7) is 0. The van der Waals surface area contributed by atoms with Crippen LogP contribution in [-0.2, 0) is 4.79 Å². The van der Waals surface area contributed by atoms with E-state index >= 15 is 0 Å². The first-order valence-electron chi connectivity index (χ1n) is 5.08. The number of hydrogen-bond donors (Lipinski definition) is 0. The quantitative estimate of drug-likeness (QED) is 0.586. The van der Waals surface area contributed by atoms with E-state index in [0.717, 1.165) is 0 Å². The predicted octanol–water partition coefficient (Wildman–Crippen LogP) is 1.82. The molecule has 0 saturated heterocycles. The molecule has 0 radical (unpaired) electrons. The van der Waals surface area contributed by atoms with Gasteiger partial charge in [-0.2, -0.15) is 5.26 Å². The number of nitriles is 1. The van der Waals surface area contributed by atoms with Gasteiger partial charge < -0.3 is 14.2 Å². The zero-order chi connectivity index (χ0) is 13.5. The molecule has 1 aromatic rings. The van der Waals surface area contributed by atoms with E-state index in [9.17, 15) is 4.79 Å². The van der Waals surface area contributed by atoms with Gasteiger partial charge in [-0.15, -0.1) is 0 Å². The van der Waals surface area contributed by atoms with Gasteiger partial charge in [0.2, 0.25) is 5.75 Å². The topological polar surface area (TPSA) is 68.6 Å². The monoisotopic (exact) mass is 247 g/mol. The minimum absolute atomic E-state index is 0.476. The third kappa shape index (κ3) is 3.01. The summed E-state index contributed by atoms with van der Waals surface area (Å²) >= 11 is 0. The average molecular weight is 247 g/mol. The Labute approximate surface area is 105 Å². The first-order valence-corrected chi connectivity index (χ1v) is 5.08. The molecular formula is C13H13NO4. The van der Waals surface area contributed by atoms with E-state index in [0.29, 0.717) is 22.8 Å². The Morgan fingerprint density at radius 3 is 2.11 bits per heavy atom. The fourth-order valence-electron chi connectivity index (χ4n) is 1.41. The molecule has 0 bridgehead atoms. The first-order chi connectivity index (χ1) is 8.65. The highest BCUT2D eigenvalue weighted by atomic mass is 16.5. The van der Waals surface area contributed by atoms with Crippen LogP contribution in [0.4, 0.5) is 0 Å². The van der Waals surface area contributed by atoms with Crippen molar-refractivity contribution in [3.05, 3.63) is 23.8 Å². The van der Waals surface area contributed by atoms with E-state index < -0.39 is 5.78 Å². The fraction of sp³-hybridized carbons (Fsp3) is 0.231. The van der Waals surface area contributed by atoms with Crippen molar-refractivity contribution in [2.24, 2.45) is 0 Å². The summed E-state index contributed by atoms with van der Waals surface area (Å²) in [6, 6.07) is 4.87. The summed E-state index contributed by atoms with van der Waals surface area (Å²) in [5.74, 6) is 0.828. The molecule has 1 rings (SSSR count). The molecule has 94 valence electrons. The van der Waals surface area contributed by atoms with Crippen LogP contribution in [0.15, 0.2) is 18.2 Å². The summed E-state index contributed by atoms with van der Waals surface area (Å²) < 4.78 is 15.5. The average Bonchev–Trinajstić information content (AvgIpc) is 2.43. The van der Waals surface area contributed by atoms with Crippen molar-refractivity contribution in [2.45, 2.75) is 0 Å². The molecule has 5 heteroatoms. The van der Waals surface area contributed by atoms with Crippen LogP contribution >= 0.6 is 0 Å². The Hall–Kier alpha value is -2.48. The molecule has 0 atom stereocenters. The molecule has 0 heterocycles. The maximum Gasteiger partial charge on any atom is 0.255 e. The Balaban J connectivity index is 3.20. The molecule has 18 heavy (non-hydrogen) atoms. The Bertz CT molecular complexity index is 489. The van der Waals surface area contributed by atoms with Gasteiger partial charge in [-0.25, -0.2) is 0 Å². The number of allylic oxidation sites excluding steroid dienone is 1. The van der Waals surface area contributed by atoms with Crippen molar-refractivity contribution < 1.29 is 19.0 Å². The summed E-state index contributed by atoms with van der Waals surface area (Å²) in [7, 11) is 4.52. The maximum atomic E-state index is 10.9. The maximum absolute atomic E-state index is 10.9. The van der Waals surface area contributed by atoms with E-state index in [-0.39, 0.29) is 0 Å². The lowest BCUT2D eigenvalue weighted by atomic mass is 10.1. The molecule has 1 aromatic carbocycles. The molecule has 0 saturated carbocycles. The third-order valence-corrected chi connectivity index (χ3v) is 2.22. The van der Waals surface area contributed by atoms with E-state index in [1.54, 1.807) is 12.1 Å². The molecule has 0 aliphatic carbocycles. The molecule has 0 fully saturated rings. The van der Waals surface area contributed by atoms with Gasteiger partial charge in [0.25, 0.3) is 5.78 Å². The van der Waals surface area contributed by atoms with Gasteiger partial charge in [0.1, 0.15) is 6.07 Å². The molecule has 0 N–H and O–H groups in total. The second-order valence-electron chi connectivity index (χ2n) is 3.27. The number of ether oxygens (including phenoxy) is 3. The zero-order valence-electron chi connectivity index (χ0n) is 10.4. The molecule has 0 spiro atoms. The first kappa shape index (κ1) is 13.6. The van der Waals surface area contributed by atoms with Gasteiger partial charge in [-0.3, -0.25) is 4.79 Å². The summed E-state index contributed by atoms with van der Waals surface area (Å²) in [6.07, 6.45) is 2.69. The number of benzene rings is 1. The van der Waals surface area contributed by atoms with E-state index in [1.165, 1.54) is 39.6 Å². The molecule has 0 unspecified atom stereocenters. The zero-order valence-corrected chi connectivity index (χ0v) is 10.4. The van der Waals surface area contributed by atoms with Crippen LogP contribution in [0, 0.1) is 11.3 Å². The number of hydrogen-bond acceptors (Lipinski definition) is 5. The van der Waals surface area contributed by atoms with Crippen molar-refractivity contribution in [1.29, 1.82) is 5.26 Å². The van der Waals surface area contributed by atoms with Crippen molar-refractivity contribution in [3.8, 4) is 23.3 Å². The second kappa shape index (κ2) is 6.30. The Morgan fingerprint density at radius 2 is 1.72 bits per heavy atom. The fourth-order valence-corrected chi connectivity index (χ4v) is 1.41. The van der Waals surface area contributed by atoms with Crippen LogP contribution in [0.5, 0.6) is 17.2 Å². The lowest BCUT2D eigenvalue weighted by Crippen LogP contribution is -1.95. The largest absolute Gasteiger partial charge is 0.493 e. The summed E-state index contributed by atoms with van der Waals surface area (Å²) in [5.41, 5.74) is 0.674. The molecule has 0 aliphatic rings. The third-order valence-electron chi connectivity index (χ3n) is 2.22. The number of nitrogens with zero attached hydrogens (tertiary/aromatic N) is 1. The molecular weight excluding hydrogens is 234 g/mol. The SMILES string of the molecule is COc1cc(/C=C/C(=O)C#N)cc(OC)c1OC. The van der Waals surface area contributed by atoms with Crippen molar-refractivity contribution in [3.63, 3.8) is 0 Å². The highest BCUT2D eigenvalue weighted by Gasteiger charge is 2.11. The predicted molar refractivity (Wildman–Crippen MR) is 65.8 cm³/mol. The van der Waals surface area contributed by atoms with Gasteiger partial charge in [-0.1, -0.05) is 6.08 Å². The lowest BCUT2D eigenvalue weighted by molar-refractivity contribution is -0.109. The second-order valence-corrected chi connectivity index (χ2v) is 3.27. The van der Waals surface area contributed by atoms with Crippen LogP contribution < -0.4 is 14.2 Å². The number of ketones is 1. The van der Waals surface area contributed by atoms with Crippen LogP contribution in [-0.4, -0.2) is 27.1 Å². The van der Waals surface area contributed by atoms with Gasteiger partial charge in [0.15, 0.2) is 11.5 Å². The molecule has 0 aliphatic heterocycles. The number of carbonyl (C=O) groups is 1. The van der Waals surface area contributed by atoms with Crippen LogP contribution in [0.1, 0.15) is 5.56 Å². The lowest BCUT2D eigenvalue weighted by Gasteiger charge is -2.12. The van der Waals surface area contributed by atoms with Crippen LogP contribution in [0.2, 0.25) is 0 Å². The molecule has 5 nitrogen and oxygen atoms in total. The van der Waals surface area contributed by atoms with E-state index in [4.69, 9.17) is 19.5 Å². The van der Waals surface area contributed by atoms with Gasteiger partial charge in [0, 0.05) is 0 Å². The summed E-state index contributed by atoms with van der Waals surface area (Å²) in [4.78, 5) is 10.9. The molecule has 0 amide bonds. The minimum Gasteiger partial charge on any atom is -0.493 e. The van der Waals surface area contributed by atoms with Crippen LogP contribution in [0.25, 0.3) is 6.08 Å². The Morgan fingerprint density at radius 1 is 1.17 bits per heavy atom. The highest BCUT2D eigenvalue weighted by Crippen LogP contribution is 2.38. The Kier molecular flexibility index (Phi) is 4.76. The van der Waals surface area contributed by atoms with Crippen molar-refractivity contribution >= 4 is 11.9 Å². The standard InChI is InChI=1S/C13H13NO4/c1-16-11-6-9(4-5-10(15)8-14)7-12(17-2)13(11)18-3/h4-7H,1-3H3/b5-4+. The van der Waals surface area contributed by atoms with Crippen molar-refractivity contribution in [2.75, 3.05) is 21.3 Å². The van der Waals surface area contributed by atoms with E-state index in [1.807, 2.05) is 0 Å². The van der Waals surface area contributed by atoms with Gasteiger partial charge in [0.05, 0.1) is 21.3 Å². The summed E-state index contributed by atoms with van der Waals surface area (Å²) in [5, 5.41) is 8.38. The molecule has 0 aromatic heterocycles. The number of rotatable bonds is 5. The van der Waals surface area contributed by atoms with Gasteiger partial charge in [-0.05, 0) is 23.8 Å². The minimum atomic E-state index is -0.622. The van der Waals surface area contributed by atoms with Crippen LogP contribution in [0.3, 0.4) is 0 Å². The van der Waals surface area contributed by atoms with Gasteiger partial charge >= 0.3 is 0 Å². The highest BCUT2D eigenvalue weighted by molar-refractivity contribution is 6.05. The number of carbonyl (C=O) groups excluding carboxylic acids is 1. The smallest absolute Gasteiger partial charge is 0.255 e.